The molecule has 10 heteroatoms. The fourth-order valence-electron chi connectivity index (χ4n) is 2.67. The number of amides is 1. The predicted molar refractivity (Wildman–Crippen MR) is 100 cm³/mol. The van der Waals surface area contributed by atoms with Crippen LogP contribution in [0.25, 0.3) is 0 Å². The van der Waals surface area contributed by atoms with Gasteiger partial charge in [0.2, 0.25) is 10.0 Å². The van der Waals surface area contributed by atoms with E-state index in [1.54, 1.807) is 45.0 Å². The van der Waals surface area contributed by atoms with E-state index in [1.807, 2.05) is 0 Å². The maximum atomic E-state index is 12.8. The highest BCUT2D eigenvalue weighted by molar-refractivity contribution is 7.88. The minimum absolute atomic E-state index is 0.0541. The molecule has 1 saturated heterocycles. The van der Waals surface area contributed by atoms with Crippen LogP contribution < -0.4 is 0 Å². The fraction of sp³-hybridized carbons (Fsp3) is 0.529. The highest BCUT2D eigenvalue weighted by atomic mass is 35.5. The first-order valence-electron chi connectivity index (χ1n) is 8.34. The summed E-state index contributed by atoms with van der Waals surface area (Å²) in [5.74, 6) is -1.66. The Labute approximate surface area is 163 Å². The average Bonchev–Trinajstić information content (AvgIpc) is 2.54. The Hall–Kier alpha value is -1.84. The molecule has 0 saturated carbocycles. The number of rotatable bonds is 4. The van der Waals surface area contributed by atoms with E-state index in [0.29, 0.717) is 10.6 Å². The van der Waals surface area contributed by atoms with E-state index in [0.717, 1.165) is 4.31 Å². The molecule has 1 atom stereocenters. The SMILES string of the molecule is CC(C)(C)OC(=O)N1CCN(S(=O)(=O)Cc2ccc(Cl)cc2)[C@H](C(=O)O)C1. The molecule has 0 radical (unpaired) electrons. The number of carboxylic acid groups (broad SMARTS) is 1. The van der Waals surface area contributed by atoms with Crippen molar-refractivity contribution < 1.29 is 27.9 Å². The lowest BCUT2D eigenvalue weighted by atomic mass is 10.2. The normalized spacial score (nSPS) is 19.0. The van der Waals surface area contributed by atoms with Crippen LogP contribution in [0, 0.1) is 0 Å². The predicted octanol–water partition coefficient (Wildman–Crippen LogP) is 2.18. The Morgan fingerprint density at radius 2 is 1.81 bits per heavy atom. The van der Waals surface area contributed by atoms with Gasteiger partial charge in [-0.15, -0.1) is 0 Å². The highest BCUT2D eigenvalue weighted by Crippen LogP contribution is 2.21. The molecule has 0 aromatic heterocycles. The van der Waals surface area contributed by atoms with Crippen LogP contribution in [0.5, 0.6) is 0 Å². The van der Waals surface area contributed by atoms with Gasteiger partial charge in [0.1, 0.15) is 11.6 Å². The molecule has 1 fully saturated rings. The molecule has 1 aliphatic rings. The summed E-state index contributed by atoms with van der Waals surface area (Å²) in [4.78, 5) is 25.1. The number of carbonyl (C=O) groups is 2. The number of hydrogen-bond acceptors (Lipinski definition) is 5. The molecule has 27 heavy (non-hydrogen) atoms. The lowest BCUT2D eigenvalue weighted by Crippen LogP contribution is -2.59. The van der Waals surface area contributed by atoms with E-state index in [2.05, 4.69) is 0 Å². The second kappa shape index (κ2) is 8.04. The van der Waals surface area contributed by atoms with Gasteiger partial charge in [-0.1, -0.05) is 23.7 Å². The monoisotopic (exact) mass is 418 g/mol. The van der Waals surface area contributed by atoms with Crippen molar-refractivity contribution in [2.75, 3.05) is 19.6 Å². The Kier molecular flexibility index (Phi) is 6.39. The summed E-state index contributed by atoms with van der Waals surface area (Å²) >= 11 is 5.80. The summed E-state index contributed by atoms with van der Waals surface area (Å²) in [5, 5.41) is 9.98. The van der Waals surface area contributed by atoms with Gasteiger partial charge >= 0.3 is 12.1 Å². The number of carboxylic acids is 1. The first kappa shape index (κ1) is 21.5. The highest BCUT2D eigenvalue weighted by Gasteiger charge is 2.41. The van der Waals surface area contributed by atoms with Gasteiger partial charge in [-0.2, -0.15) is 4.31 Å². The van der Waals surface area contributed by atoms with Crippen molar-refractivity contribution in [3.8, 4) is 0 Å². The number of hydrogen-bond donors (Lipinski definition) is 1. The third kappa shape index (κ3) is 5.82. The van der Waals surface area contributed by atoms with E-state index in [1.165, 1.54) is 4.90 Å². The lowest BCUT2D eigenvalue weighted by Gasteiger charge is -2.38. The smallest absolute Gasteiger partial charge is 0.410 e. The van der Waals surface area contributed by atoms with Crippen LogP contribution in [0.1, 0.15) is 26.3 Å². The van der Waals surface area contributed by atoms with Crippen LogP contribution in [0.2, 0.25) is 5.02 Å². The number of nitrogens with zero attached hydrogens (tertiary/aromatic N) is 2. The standard InChI is InChI=1S/C17H23ClN2O6S/c1-17(2,3)26-16(23)19-8-9-20(14(10-19)15(21)22)27(24,25)11-12-4-6-13(18)7-5-12/h4-7,14H,8-11H2,1-3H3,(H,21,22)/t14-/m0/s1. The summed E-state index contributed by atoms with van der Waals surface area (Å²) in [5.41, 5.74) is -0.230. The van der Waals surface area contributed by atoms with Crippen LogP contribution in [0.3, 0.4) is 0 Å². The Balaban J connectivity index is 2.16. The fourth-order valence-corrected chi connectivity index (χ4v) is 4.48. The largest absolute Gasteiger partial charge is 0.480 e. The van der Waals surface area contributed by atoms with Crippen LogP contribution >= 0.6 is 11.6 Å². The van der Waals surface area contributed by atoms with E-state index in [9.17, 15) is 23.1 Å². The van der Waals surface area contributed by atoms with Crippen molar-refractivity contribution in [3.05, 3.63) is 34.9 Å². The third-order valence-electron chi connectivity index (χ3n) is 3.89. The molecule has 1 N–H and O–H groups in total. The zero-order chi connectivity index (χ0) is 20.4. The van der Waals surface area contributed by atoms with E-state index >= 15 is 0 Å². The molecule has 150 valence electrons. The van der Waals surface area contributed by atoms with Crippen LogP contribution in [0.15, 0.2) is 24.3 Å². The van der Waals surface area contributed by atoms with E-state index in [-0.39, 0.29) is 25.4 Å². The molecule has 1 aromatic rings. The van der Waals surface area contributed by atoms with Crippen molar-refractivity contribution >= 4 is 33.7 Å². The van der Waals surface area contributed by atoms with Gasteiger partial charge in [0.25, 0.3) is 0 Å². The van der Waals surface area contributed by atoms with Crippen LogP contribution in [0.4, 0.5) is 4.79 Å². The number of halogens is 1. The second-order valence-corrected chi connectivity index (χ2v) is 9.63. The maximum Gasteiger partial charge on any atom is 0.410 e. The Morgan fingerprint density at radius 3 is 2.33 bits per heavy atom. The summed E-state index contributed by atoms with van der Waals surface area (Å²) in [6, 6.07) is 4.92. The van der Waals surface area contributed by atoms with Crippen molar-refractivity contribution in [1.82, 2.24) is 9.21 Å². The first-order valence-corrected chi connectivity index (χ1v) is 10.3. The van der Waals surface area contributed by atoms with Gasteiger partial charge in [-0.3, -0.25) is 4.79 Å². The number of sulfonamides is 1. The molecule has 0 spiro atoms. The molecule has 0 bridgehead atoms. The van der Waals surface area contributed by atoms with Crippen molar-refractivity contribution in [2.45, 2.75) is 38.2 Å². The van der Waals surface area contributed by atoms with Crippen LogP contribution in [-0.2, 0) is 25.3 Å². The third-order valence-corrected chi connectivity index (χ3v) is 5.99. The maximum absolute atomic E-state index is 12.8. The van der Waals surface area contributed by atoms with Crippen molar-refractivity contribution in [3.63, 3.8) is 0 Å². The zero-order valence-electron chi connectivity index (χ0n) is 15.4. The molecule has 1 heterocycles. The van der Waals surface area contributed by atoms with Gasteiger partial charge in [-0.05, 0) is 38.5 Å². The Bertz CT molecular complexity index is 804. The molecule has 0 aliphatic carbocycles. The molecule has 1 aromatic carbocycles. The van der Waals surface area contributed by atoms with Gasteiger partial charge in [0, 0.05) is 18.1 Å². The van der Waals surface area contributed by atoms with E-state index < -0.39 is 33.7 Å². The molecule has 0 unspecified atom stereocenters. The minimum atomic E-state index is -3.90. The summed E-state index contributed by atoms with van der Waals surface area (Å²) in [7, 11) is -3.90. The topological polar surface area (TPSA) is 104 Å². The number of ether oxygens (including phenoxy) is 1. The van der Waals surface area contributed by atoms with E-state index in [4.69, 9.17) is 16.3 Å². The summed E-state index contributed by atoms with van der Waals surface area (Å²) < 4.78 is 31.7. The minimum Gasteiger partial charge on any atom is -0.480 e. The van der Waals surface area contributed by atoms with Crippen LogP contribution in [-0.4, -0.2) is 66.1 Å². The Morgan fingerprint density at radius 1 is 1.22 bits per heavy atom. The summed E-state index contributed by atoms with van der Waals surface area (Å²) in [6.07, 6.45) is -0.663. The number of benzene rings is 1. The van der Waals surface area contributed by atoms with Crippen molar-refractivity contribution in [2.24, 2.45) is 0 Å². The summed E-state index contributed by atoms with van der Waals surface area (Å²) in [6.45, 7) is 4.76. The molecule has 2 rings (SSSR count). The number of aliphatic carboxylic acids is 1. The second-order valence-electron chi connectivity index (χ2n) is 7.27. The van der Waals surface area contributed by atoms with Gasteiger partial charge in [0.05, 0.1) is 12.3 Å². The average molecular weight is 419 g/mol. The lowest BCUT2D eigenvalue weighted by molar-refractivity contribution is -0.143. The molecular weight excluding hydrogens is 396 g/mol. The first-order chi connectivity index (χ1) is 12.4. The van der Waals surface area contributed by atoms with Crippen molar-refractivity contribution in [1.29, 1.82) is 0 Å². The molecular formula is C17H23ClN2O6S. The molecule has 1 amide bonds. The number of piperazine rings is 1. The number of carbonyl (C=O) groups excluding carboxylic acids is 1. The molecule has 1 aliphatic heterocycles. The quantitative estimate of drug-likeness (QED) is 0.803. The zero-order valence-corrected chi connectivity index (χ0v) is 17.0. The van der Waals surface area contributed by atoms with Gasteiger partial charge < -0.3 is 14.7 Å². The van der Waals surface area contributed by atoms with Gasteiger partial charge in [-0.25, -0.2) is 13.2 Å². The molecule has 8 nitrogen and oxygen atoms in total. The van der Waals surface area contributed by atoms with Gasteiger partial charge in [0.15, 0.2) is 0 Å².